The average molecular weight is 308 g/mol. The Balaban J connectivity index is 2.09. The maximum atomic E-state index is 12.2. The summed E-state index contributed by atoms with van der Waals surface area (Å²) < 4.78 is 0. The minimum atomic E-state index is -0.895. The van der Waals surface area contributed by atoms with Gasteiger partial charge in [-0.15, -0.1) is 0 Å². The van der Waals surface area contributed by atoms with Gasteiger partial charge >= 0.3 is 12.0 Å². The van der Waals surface area contributed by atoms with Gasteiger partial charge in [0.2, 0.25) is 0 Å². The Morgan fingerprint density at radius 1 is 1.48 bits per heavy atom. The van der Waals surface area contributed by atoms with Crippen LogP contribution in [0.15, 0.2) is 18.2 Å². The van der Waals surface area contributed by atoms with Crippen molar-refractivity contribution in [2.45, 2.75) is 12.8 Å². The number of hydrogen-bond donors (Lipinski definition) is 2. The summed E-state index contributed by atoms with van der Waals surface area (Å²) >= 11 is 5.86. The molecule has 1 saturated heterocycles. The molecule has 1 atom stereocenters. The first kappa shape index (κ1) is 15.1. The molecule has 0 aliphatic carbocycles. The lowest BCUT2D eigenvalue weighted by atomic mass is 9.99. The highest BCUT2D eigenvalue weighted by atomic mass is 35.5. The first-order chi connectivity index (χ1) is 10.0. The van der Waals surface area contributed by atoms with Crippen molar-refractivity contribution in [3.8, 4) is 6.07 Å². The van der Waals surface area contributed by atoms with Crippen molar-refractivity contribution in [1.29, 1.82) is 5.26 Å². The van der Waals surface area contributed by atoms with Crippen molar-refractivity contribution >= 4 is 29.3 Å². The Hall–Kier alpha value is -2.26. The smallest absolute Gasteiger partial charge is 0.321 e. The second-order valence-electron chi connectivity index (χ2n) is 4.86. The fraction of sp³-hybridized carbons (Fsp3) is 0.357. The second-order valence-corrected chi connectivity index (χ2v) is 5.29. The van der Waals surface area contributed by atoms with Crippen LogP contribution in [0.5, 0.6) is 0 Å². The average Bonchev–Trinajstić information content (AvgIpc) is 2.47. The number of nitrogens with one attached hydrogen (secondary N) is 1. The number of aliphatic carboxylic acids is 1. The summed E-state index contributed by atoms with van der Waals surface area (Å²) in [6.07, 6.45) is 1.21. The molecule has 0 aromatic heterocycles. The number of carbonyl (C=O) groups excluding carboxylic acids is 1. The SMILES string of the molecule is N#Cc1ccc(Cl)cc1NC(=O)N1CCCC(C(=O)O)C1. The molecule has 7 heteroatoms. The normalized spacial score (nSPS) is 17.9. The van der Waals surface area contributed by atoms with Crippen LogP contribution in [0.2, 0.25) is 5.02 Å². The van der Waals surface area contributed by atoms with Gasteiger partial charge in [-0.05, 0) is 31.0 Å². The Kier molecular flexibility index (Phi) is 4.66. The van der Waals surface area contributed by atoms with Gasteiger partial charge in [0.05, 0.1) is 17.2 Å². The maximum Gasteiger partial charge on any atom is 0.321 e. The van der Waals surface area contributed by atoms with Gasteiger partial charge < -0.3 is 15.3 Å². The van der Waals surface area contributed by atoms with Crippen LogP contribution in [-0.4, -0.2) is 35.1 Å². The van der Waals surface area contributed by atoms with Crippen LogP contribution < -0.4 is 5.32 Å². The molecule has 2 amide bonds. The minimum Gasteiger partial charge on any atom is -0.481 e. The Labute approximate surface area is 126 Å². The van der Waals surface area contributed by atoms with Gasteiger partial charge in [-0.3, -0.25) is 4.79 Å². The molecule has 1 aromatic rings. The third-order valence-electron chi connectivity index (χ3n) is 3.40. The van der Waals surface area contributed by atoms with Crippen molar-refractivity contribution in [2.24, 2.45) is 5.92 Å². The standard InChI is InChI=1S/C14H14ClN3O3/c15-11-4-3-9(7-16)12(6-11)17-14(21)18-5-1-2-10(8-18)13(19)20/h3-4,6,10H,1-2,5,8H2,(H,17,21)(H,19,20). The number of likely N-dealkylation sites (tertiary alicyclic amines) is 1. The monoisotopic (exact) mass is 307 g/mol. The van der Waals surface area contributed by atoms with E-state index in [4.69, 9.17) is 22.0 Å². The summed E-state index contributed by atoms with van der Waals surface area (Å²) in [5.41, 5.74) is 0.631. The molecule has 6 nitrogen and oxygen atoms in total. The predicted molar refractivity (Wildman–Crippen MR) is 77.1 cm³/mol. The van der Waals surface area contributed by atoms with E-state index in [0.717, 1.165) is 0 Å². The molecule has 1 unspecified atom stereocenters. The largest absolute Gasteiger partial charge is 0.481 e. The fourth-order valence-electron chi connectivity index (χ4n) is 2.27. The molecule has 1 aliphatic rings. The third kappa shape index (κ3) is 3.64. The van der Waals surface area contributed by atoms with Crippen molar-refractivity contribution in [3.63, 3.8) is 0 Å². The Morgan fingerprint density at radius 3 is 2.90 bits per heavy atom. The zero-order valence-electron chi connectivity index (χ0n) is 11.2. The lowest BCUT2D eigenvalue weighted by Gasteiger charge is -2.30. The summed E-state index contributed by atoms with van der Waals surface area (Å²) in [5.74, 6) is -1.44. The first-order valence-electron chi connectivity index (χ1n) is 6.49. The van der Waals surface area contributed by atoms with Gasteiger partial charge in [0.1, 0.15) is 6.07 Å². The van der Waals surface area contributed by atoms with Gasteiger partial charge in [0, 0.05) is 18.1 Å². The number of urea groups is 1. The van der Waals surface area contributed by atoms with Crippen molar-refractivity contribution in [1.82, 2.24) is 4.90 Å². The summed E-state index contributed by atoms with van der Waals surface area (Å²) in [7, 11) is 0. The molecule has 2 rings (SSSR count). The molecule has 21 heavy (non-hydrogen) atoms. The molecule has 0 radical (unpaired) electrons. The number of hydrogen-bond acceptors (Lipinski definition) is 3. The number of benzene rings is 1. The van der Waals surface area contributed by atoms with Crippen molar-refractivity contribution < 1.29 is 14.7 Å². The zero-order valence-corrected chi connectivity index (χ0v) is 11.9. The highest BCUT2D eigenvalue weighted by molar-refractivity contribution is 6.31. The van der Waals surface area contributed by atoms with Gasteiger partial charge in [-0.2, -0.15) is 5.26 Å². The molecule has 0 bridgehead atoms. The lowest BCUT2D eigenvalue weighted by molar-refractivity contribution is -0.143. The number of carboxylic acids is 1. The number of piperidine rings is 1. The Bertz CT molecular complexity index is 612. The lowest BCUT2D eigenvalue weighted by Crippen LogP contribution is -2.44. The fourth-order valence-corrected chi connectivity index (χ4v) is 2.45. The summed E-state index contributed by atoms with van der Waals surface area (Å²) in [6.45, 7) is 0.668. The highest BCUT2D eigenvalue weighted by Gasteiger charge is 2.28. The molecule has 1 aromatic carbocycles. The van der Waals surface area contributed by atoms with E-state index in [1.54, 1.807) is 6.07 Å². The van der Waals surface area contributed by atoms with E-state index in [0.29, 0.717) is 35.7 Å². The summed E-state index contributed by atoms with van der Waals surface area (Å²) in [6, 6.07) is 6.14. The summed E-state index contributed by atoms with van der Waals surface area (Å²) in [4.78, 5) is 24.6. The number of nitrogens with zero attached hydrogens (tertiary/aromatic N) is 2. The number of rotatable bonds is 2. The second kappa shape index (κ2) is 6.46. The number of halogens is 1. The van der Waals surface area contributed by atoms with Crippen LogP contribution in [0.1, 0.15) is 18.4 Å². The molecule has 1 heterocycles. The number of carbonyl (C=O) groups is 2. The van der Waals surface area contributed by atoms with E-state index in [9.17, 15) is 9.59 Å². The van der Waals surface area contributed by atoms with E-state index in [1.807, 2.05) is 6.07 Å². The first-order valence-corrected chi connectivity index (χ1v) is 6.87. The number of amides is 2. The Morgan fingerprint density at radius 2 is 2.24 bits per heavy atom. The molecular weight excluding hydrogens is 294 g/mol. The number of nitriles is 1. The van der Waals surface area contributed by atoms with Gasteiger partial charge in [-0.1, -0.05) is 11.6 Å². The number of carboxylic acid groups (broad SMARTS) is 1. The molecule has 110 valence electrons. The van der Waals surface area contributed by atoms with Crippen LogP contribution in [0, 0.1) is 17.2 Å². The number of anilines is 1. The predicted octanol–water partition coefficient (Wildman–Crippen LogP) is 2.54. The van der Waals surface area contributed by atoms with Crippen molar-refractivity contribution in [3.05, 3.63) is 28.8 Å². The van der Waals surface area contributed by atoms with Crippen molar-refractivity contribution in [2.75, 3.05) is 18.4 Å². The van der Waals surface area contributed by atoms with Gasteiger partial charge in [0.15, 0.2) is 0 Å². The third-order valence-corrected chi connectivity index (χ3v) is 3.64. The molecule has 0 saturated carbocycles. The van der Waals surface area contributed by atoms with Crippen LogP contribution in [-0.2, 0) is 4.79 Å². The van der Waals surface area contributed by atoms with E-state index < -0.39 is 17.9 Å². The molecule has 2 N–H and O–H groups in total. The van der Waals surface area contributed by atoms with E-state index >= 15 is 0 Å². The van der Waals surface area contributed by atoms with E-state index in [1.165, 1.54) is 17.0 Å². The quantitative estimate of drug-likeness (QED) is 0.878. The van der Waals surface area contributed by atoms with Crippen LogP contribution >= 0.6 is 11.6 Å². The highest BCUT2D eigenvalue weighted by Crippen LogP contribution is 2.22. The van der Waals surface area contributed by atoms with Gasteiger partial charge in [-0.25, -0.2) is 4.79 Å². The van der Waals surface area contributed by atoms with Crippen LogP contribution in [0.25, 0.3) is 0 Å². The van der Waals surface area contributed by atoms with Crippen LogP contribution in [0.3, 0.4) is 0 Å². The zero-order chi connectivity index (χ0) is 15.4. The molecule has 0 spiro atoms. The topological polar surface area (TPSA) is 93.4 Å². The molecule has 1 fully saturated rings. The van der Waals surface area contributed by atoms with E-state index in [2.05, 4.69) is 5.32 Å². The van der Waals surface area contributed by atoms with Crippen LogP contribution in [0.4, 0.5) is 10.5 Å². The maximum absolute atomic E-state index is 12.2. The van der Waals surface area contributed by atoms with Gasteiger partial charge in [0.25, 0.3) is 0 Å². The molecular formula is C14H14ClN3O3. The summed E-state index contributed by atoms with van der Waals surface area (Å²) in [5, 5.41) is 21.1. The molecule has 1 aliphatic heterocycles. The van der Waals surface area contributed by atoms with E-state index in [-0.39, 0.29) is 6.54 Å². The minimum absolute atomic E-state index is 0.170.